The van der Waals surface area contributed by atoms with Crippen LogP contribution in [0.1, 0.15) is 34.1 Å². The largest absolute Gasteiger partial charge is 0.361 e. The van der Waals surface area contributed by atoms with Gasteiger partial charge in [-0.15, -0.1) is 5.10 Å². The van der Waals surface area contributed by atoms with Gasteiger partial charge < -0.3 is 9.42 Å². The van der Waals surface area contributed by atoms with Gasteiger partial charge in [-0.3, -0.25) is 4.79 Å². The van der Waals surface area contributed by atoms with Crippen molar-refractivity contribution in [3.63, 3.8) is 0 Å². The van der Waals surface area contributed by atoms with Crippen LogP contribution in [0.4, 0.5) is 0 Å². The van der Waals surface area contributed by atoms with Crippen molar-refractivity contribution >= 4 is 5.91 Å². The topological polar surface area (TPSA) is 89.9 Å². The summed E-state index contributed by atoms with van der Waals surface area (Å²) in [6.07, 6.45) is 2.08. The molecule has 5 rings (SSSR count). The van der Waals surface area contributed by atoms with Crippen LogP contribution < -0.4 is 0 Å². The van der Waals surface area contributed by atoms with Gasteiger partial charge in [0.1, 0.15) is 24.3 Å². The Bertz CT molecular complexity index is 1090. The van der Waals surface area contributed by atoms with E-state index in [1.54, 1.807) is 0 Å². The van der Waals surface area contributed by atoms with Crippen molar-refractivity contribution in [1.29, 1.82) is 0 Å². The number of amides is 1. The Labute approximate surface area is 173 Å². The molecule has 0 radical (unpaired) electrons. The zero-order chi connectivity index (χ0) is 20.3. The Morgan fingerprint density at radius 1 is 1.03 bits per heavy atom. The molecule has 0 saturated heterocycles. The van der Waals surface area contributed by atoms with Gasteiger partial charge in [-0.1, -0.05) is 65.8 Å². The molecule has 1 aliphatic rings. The number of aromatic nitrogens is 5. The third kappa shape index (κ3) is 3.47. The van der Waals surface area contributed by atoms with Crippen LogP contribution in [-0.2, 0) is 24.3 Å². The van der Waals surface area contributed by atoms with Gasteiger partial charge >= 0.3 is 0 Å². The maximum Gasteiger partial charge on any atom is 0.244 e. The lowest BCUT2D eigenvalue weighted by Crippen LogP contribution is -2.38. The molecule has 0 N–H and O–H groups in total. The molecule has 8 heteroatoms. The van der Waals surface area contributed by atoms with E-state index in [1.165, 1.54) is 11.0 Å². The Kier molecular flexibility index (Phi) is 4.80. The fraction of sp³-hybridized carbons (Fsp3) is 0.227. The average molecular weight is 400 g/mol. The first kappa shape index (κ1) is 18.2. The smallest absolute Gasteiger partial charge is 0.244 e. The average Bonchev–Trinajstić information content (AvgIpc) is 3.45. The molecule has 0 saturated carbocycles. The van der Waals surface area contributed by atoms with Crippen LogP contribution in [0, 0.1) is 0 Å². The Morgan fingerprint density at radius 3 is 2.37 bits per heavy atom. The monoisotopic (exact) mass is 400 g/mol. The highest BCUT2D eigenvalue weighted by molar-refractivity contribution is 5.76. The van der Waals surface area contributed by atoms with Gasteiger partial charge in [0, 0.05) is 18.5 Å². The van der Waals surface area contributed by atoms with E-state index in [4.69, 9.17) is 4.52 Å². The predicted molar refractivity (Wildman–Crippen MR) is 107 cm³/mol. The van der Waals surface area contributed by atoms with Gasteiger partial charge in [0.25, 0.3) is 0 Å². The molecule has 0 fully saturated rings. The van der Waals surface area contributed by atoms with E-state index in [0.29, 0.717) is 19.5 Å². The highest BCUT2D eigenvalue weighted by Gasteiger charge is 2.31. The van der Waals surface area contributed by atoms with Crippen molar-refractivity contribution in [2.45, 2.75) is 25.4 Å². The highest BCUT2D eigenvalue weighted by Crippen LogP contribution is 2.36. The van der Waals surface area contributed by atoms with E-state index in [0.717, 1.165) is 28.1 Å². The van der Waals surface area contributed by atoms with Crippen molar-refractivity contribution in [2.24, 2.45) is 0 Å². The Morgan fingerprint density at radius 2 is 1.73 bits per heavy atom. The van der Waals surface area contributed by atoms with Gasteiger partial charge in [-0.2, -0.15) is 0 Å². The first-order valence-electron chi connectivity index (χ1n) is 9.85. The molecule has 1 amide bonds. The minimum atomic E-state index is -0.0607. The van der Waals surface area contributed by atoms with Crippen LogP contribution in [0.2, 0.25) is 0 Å². The van der Waals surface area contributed by atoms with Gasteiger partial charge in [-0.05, 0) is 21.6 Å². The van der Waals surface area contributed by atoms with Crippen LogP contribution in [0.25, 0.3) is 0 Å². The molecule has 4 aromatic rings. The van der Waals surface area contributed by atoms with Gasteiger partial charge in [0.15, 0.2) is 0 Å². The molecule has 1 aliphatic heterocycles. The normalized spacial score (nSPS) is 13.4. The van der Waals surface area contributed by atoms with E-state index in [2.05, 4.69) is 44.9 Å². The second-order valence-electron chi connectivity index (χ2n) is 7.30. The summed E-state index contributed by atoms with van der Waals surface area (Å²) in [6.45, 7) is 1.17. The lowest BCUT2D eigenvalue weighted by atomic mass is 9.85. The van der Waals surface area contributed by atoms with E-state index in [-0.39, 0.29) is 18.4 Å². The van der Waals surface area contributed by atoms with E-state index < -0.39 is 0 Å². The summed E-state index contributed by atoms with van der Waals surface area (Å²) in [4.78, 5) is 14.6. The second kappa shape index (κ2) is 7.90. The Hall–Kier alpha value is -3.81. The van der Waals surface area contributed by atoms with Crippen LogP contribution in [0.3, 0.4) is 0 Å². The van der Waals surface area contributed by atoms with Crippen molar-refractivity contribution < 1.29 is 9.32 Å². The molecule has 3 heterocycles. The summed E-state index contributed by atoms with van der Waals surface area (Å²) in [7, 11) is 0. The number of carbonyl (C=O) groups is 1. The number of hydrogen-bond donors (Lipinski definition) is 0. The fourth-order valence-electron chi connectivity index (χ4n) is 3.96. The maximum atomic E-state index is 12.8. The van der Waals surface area contributed by atoms with E-state index in [1.807, 2.05) is 41.3 Å². The number of tetrazole rings is 1. The van der Waals surface area contributed by atoms with Gasteiger partial charge in [0.2, 0.25) is 5.91 Å². The number of hydrogen-bond acceptors (Lipinski definition) is 6. The summed E-state index contributed by atoms with van der Waals surface area (Å²) in [5.41, 5.74) is 4.13. The zero-order valence-corrected chi connectivity index (χ0v) is 16.3. The molecule has 0 unspecified atom stereocenters. The van der Waals surface area contributed by atoms with Crippen LogP contribution >= 0.6 is 0 Å². The third-order valence-electron chi connectivity index (χ3n) is 5.44. The maximum absolute atomic E-state index is 12.8. The zero-order valence-electron chi connectivity index (χ0n) is 16.3. The molecule has 150 valence electrons. The molecule has 2 aromatic heterocycles. The van der Waals surface area contributed by atoms with Crippen LogP contribution in [0.5, 0.6) is 0 Å². The third-order valence-corrected chi connectivity index (χ3v) is 5.44. The minimum Gasteiger partial charge on any atom is -0.361 e. The van der Waals surface area contributed by atoms with Crippen molar-refractivity contribution in [3.05, 3.63) is 95.1 Å². The standard InChI is InChI=1S/C22H20N6O2/c29-20(14-28-15-23-25-26-28)27-12-11-19-18(13-27)22(24-30-19)21(16-7-3-1-4-8-16)17-9-5-2-6-10-17/h1-10,15,21H,11-14H2. The summed E-state index contributed by atoms with van der Waals surface area (Å²) in [5, 5.41) is 15.4. The number of carbonyl (C=O) groups excluding carboxylic acids is 1. The van der Waals surface area contributed by atoms with Gasteiger partial charge in [-0.25, -0.2) is 4.68 Å². The summed E-state index contributed by atoms with van der Waals surface area (Å²) >= 11 is 0. The summed E-state index contributed by atoms with van der Waals surface area (Å²) in [6, 6.07) is 20.5. The Balaban J connectivity index is 1.48. The molecule has 0 atom stereocenters. The first-order chi connectivity index (χ1) is 14.8. The van der Waals surface area contributed by atoms with E-state index >= 15 is 0 Å². The molecule has 8 nitrogen and oxygen atoms in total. The quantitative estimate of drug-likeness (QED) is 0.511. The van der Waals surface area contributed by atoms with Crippen molar-refractivity contribution in [3.8, 4) is 0 Å². The number of benzene rings is 2. The molecule has 0 aliphatic carbocycles. The SMILES string of the molecule is O=C(Cn1cnnn1)N1CCc2onc(C(c3ccccc3)c3ccccc3)c2C1. The molecule has 30 heavy (non-hydrogen) atoms. The predicted octanol–water partition coefficient (Wildman–Crippen LogP) is 2.43. The number of rotatable bonds is 5. The van der Waals surface area contributed by atoms with E-state index in [9.17, 15) is 4.79 Å². The second-order valence-corrected chi connectivity index (χ2v) is 7.30. The molecular formula is C22H20N6O2. The number of fused-ring (bicyclic) bond motifs is 1. The lowest BCUT2D eigenvalue weighted by Gasteiger charge is -2.27. The first-order valence-corrected chi connectivity index (χ1v) is 9.85. The lowest BCUT2D eigenvalue weighted by molar-refractivity contribution is -0.133. The number of nitrogens with zero attached hydrogens (tertiary/aromatic N) is 6. The molecule has 0 spiro atoms. The fourth-order valence-corrected chi connectivity index (χ4v) is 3.96. The minimum absolute atomic E-state index is 0.0314. The molecular weight excluding hydrogens is 380 g/mol. The summed E-state index contributed by atoms with van der Waals surface area (Å²) in [5.74, 6) is 0.763. The van der Waals surface area contributed by atoms with Crippen molar-refractivity contribution in [1.82, 2.24) is 30.3 Å². The highest BCUT2D eigenvalue weighted by atomic mass is 16.5. The van der Waals surface area contributed by atoms with Crippen molar-refractivity contribution in [2.75, 3.05) is 6.54 Å². The molecule has 0 bridgehead atoms. The van der Waals surface area contributed by atoms with Gasteiger partial charge in [0.05, 0.1) is 12.5 Å². The van der Waals surface area contributed by atoms with Crippen LogP contribution in [-0.4, -0.2) is 42.7 Å². The molecule has 2 aromatic carbocycles. The summed E-state index contributed by atoms with van der Waals surface area (Å²) < 4.78 is 7.15. The van der Waals surface area contributed by atoms with Crippen LogP contribution in [0.15, 0.2) is 71.5 Å².